The molecule has 0 spiro atoms. The van der Waals surface area contributed by atoms with E-state index in [2.05, 4.69) is 4.74 Å². The first kappa shape index (κ1) is 12.0. The fraction of sp³-hybridized carbons (Fsp3) is 0.300. The standard InChI is InChI=1S/C10H13O4P/c1-13-10(11)7-8-14-15(12)9-5-3-2-4-6-9/h2-6,15H,7-8H2,1H3. The number of methoxy groups -OCH3 is 1. The molecule has 0 heterocycles. The molecule has 0 aromatic heterocycles. The van der Waals surface area contributed by atoms with Crippen LogP contribution in [0.1, 0.15) is 6.42 Å². The normalized spacial score (nSPS) is 12.1. The summed E-state index contributed by atoms with van der Waals surface area (Å²) in [7, 11) is -0.921. The van der Waals surface area contributed by atoms with E-state index in [0.29, 0.717) is 5.30 Å². The maximum atomic E-state index is 11.5. The Morgan fingerprint density at radius 2 is 2.00 bits per heavy atom. The predicted molar refractivity (Wildman–Crippen MR) is 57.7 cm³/mol. The average Bonchev–Trinajstić information content (AvgIpc) is 2.29. The summed E-state index contributed by atoms with van der Waals surface area (Å²) < 4.78 is 21.0. The number of hydrogen-bond acceptors (Lipinski definition) is 4. The van der Waals surface area contributed by atoms with Gasteiger partial charge in [-0.1, -0.05) is 18.2 Å². The SMILES string of the molecule is COC(=O)CCO[PH](=O)c1ccccc1. The number of benzene rings is 1. The van der Waals surface area contributed by atoms with Crippen LogP contribution in [0, 0.1) is 0 Å². The molecular weight excluding hydrogens is 215 g/mol. The molecule has 0 aliphatic rings. The van der Waals surface area contributed by atoms with Crippen molar-refractivity contribution >= 4 is 19.3 Å². The van der Waals surface area contributed by atoms with E-state index in [9.17, 15) is 9.36 Å². The van der Waals surface area contributed by atoms with Gasteiger partial charge in [-0.3, -0.25) is 9.36 Å². The van der Waals surface area contributed by atoms with Crippen molar-refractivity contribution in [1.29, 1.82) is 0 Å². The van der Waals surface area contributed by atoms with E-state index in [1.165, 1.54) is 7.11 Å². The van der Waals surface area contributed by atoms with Gasteiger partial charge in [-0.15, -0.1) is 0 Å². The summed E-state index contributed by atoms with van der Waals surface area (Å²) in [4.78, 5) is 10.7. The molecule has 0 aliphatic carbocycles. The first-order valence-electron chi connectivity index (χ1n) is 4.53. The number of carbonyl (C=O) groups is 1. The van der Waals surface area contributed by atoms with Crippen LogP contribution in [-0.4, -0.2) is 19.7 Å². The van der Waals surface area contributed by atoms with Crippen LogP contribution in [0.4, 0.5) is 0 Å². The molecule has 1 rings (SSSR count). The molecule has 0 N–H and O–H groups in total. The zero-order valence-corrected chi connectivity index (χ0v) is 9.43. The lowest BCUT2D eigenvalue weighted by molar-refractivity contribution is -0.141. The zero-order valence-electron chi connectivity index (χ0n) is 8.43. The quantitative estimate of drug-likeness (QED) is 0.564. The van der Waals surface area contributed by atoms with Gasteiger partial charge in [0.05, 0.1) is 20.1 Å². The molecule has 0 aliphatic heterocycles. The minimum Gasteiger partial charge on any atom is -0.469 e. The van der Waals surface area contributed by atoms with Crippen molar-refractivity contribution in [3.05, 3.63) is 30.3 Å². The van der Waals surface area contributed by atoms with Crippen molar-refractivity contribution in [2.24, 2.45) is 0 Å². The average molecular weight is 228 g/mol. The molecular formula is C10H13O4P. The van der Waals surface area contributed by atoms with Crippen LogP contribution in [0.15, 0.2) is 30.3 Å². The fourth-order valence-corrected chi connectivity index (χ4v) is 1.91. The summed E-state index contributed by atoms with van der Waals surface area (Å²) in [5, 5.41) is 0.660. The van der Waals surface area contributed by atoms with Crippen molar-refractivity contribution in [3.63, 3.8) is 0 Å². The number of hydrogen-bond donors (Lipinski definition) is 0. The van der Waals surface area contributed by atoms with Crippen LogP contribution >= 0.6 is 8.03 Å². The van der Waals surface area contributed by atoms with Crippen LogP contribution in [0.5, 0.6) is 0 Å². The zero-order chi connectivity index (χ0) is 11.1. The predicted octanol–water partition coefficient (Wildman–Crippen LogP) is 1.37. The second-order valence-corrected chi connectivity index (χ2v) is 4.27. The van der Waals surface area contributed by atoms with E-state index in [0.717, 1.165) is 0 Å². The summed E-state index contributed by atoms with van der Waals surface area (Å²) in [5.74, 6) is -0.363. The van der Waals surface area contributed by atoms with Gasteiger partial charge in [-0.25, -0.2) is 0 Å². The molecule has 82 valence electrons. The van der Waals surface area contributed by atoms with Gasteiger partial charge in [0.2, 0.25) is 8.03 Å². The summed E-state index contributed by atoms with van der Waals surface area (Å²) in [6.07, 6.45) is 0.125. The maximum absolute atomic E-state index is 11.5. The smallest absolute Gasteiger partial charge is 0.307 e. The first-order valence-corrected chi connectivity index (χ1v) is 5.84. The second kappa shape index (κ2) is 6.38. The molecule has 1 atom stereocenters. The summed E-state index contributed by atoms with van der Waals surface area (Å²) in [6.45, 7) is 0.124. The molecule has 0 amide bonds. The van der Waals surface area contributed by atoms with E-state index < -0.39 is 8.03 Å². The lowest BCUT2D eigenvalue weighted by Gasteiger charge is -2.03. The molecule has 1 aromatic rings. The third kappa shape index (κ3) is 4.28. The van der Waals surface area contributed by atoms with Crippen molar-refractivity contribution < 1.29 is 18.6 Å². The Kier molecular flexibility index (Phi) is 5.08. The van der Waals surface area contributed by atoms with Gasteiger partial charge in [-0.2, -0.15) is 0 Å². The van der Waals surface area contributed by atoms with Gasteiger partial charge in [0.25, 0.3) is 0 Å². The largest absolute Gasteiger partial charge is 0.469 e. The highest BCUT2D eigenvalue weighted by Gasteiger charge is 2.05. The molecule has 0 saturated carbocycles. The van der Waals surface area contributed by atoms with E-state index in [1.807, 2.05) is 6.07 Å². The van der Waals surface area contributed by atoms with E-state index in [-0.39, 0.29) is 19.0 Å². The van der Waals surface area contributed by atoms with E-state index in [4.69, 9.17) is 4.52 Å². The molecule has 0 bridgehead atoms. The number of esters is 1. The highest BCUT2D eigenvalue weighted by Crippen LogP contribution is 2.20. The highest BCUT2D eigenvalue weighted by molar-refractivity contribution is 7.48. The Labute approximate surface area is 89.1 Å². The number of ether oxygens (including phenoxy) is 1. The summed E-state index contributed by atoms with van der Waals surface area (Å²) in [5.41, 5.74) is 0. The Morgan fingerprint density at radius 1 is 1.33 bits per heavy atom. The van der Waals surface area contributed by atoms with Crippen LogP contribution in [-0.2, 0) is 18.6 Å². The number of carbonyl (C=O) groups excluding carboxylic acids is 1. The highest BCUT2D eigenvalue weighted by atomic mass is 31.1. The third-order valence-corrected chi connectivity index (χ3v) is 3.05. The van der Waals surface area contributed by atoms with Crippen LogP contribution in [0.3, 0.4) is 0 Å². The van der Waals surface area contributed by atoms with Crippen molar-refractivity contribution in [2.75, 3.05) is 13.7 Å². The van der Waals surface area contributed by atoms with Gasteiger partial charge in [-0.05, 0) is 12.1 Å². The van der Waals surface area contributed by atoms with Gasteiger partial charge in [0.15, 0.2) is 0 Å². The Bertz CT molecular complexity index is 337. The number of rotatable bonds is 5. The van der Waals surface area contributed by atoms with Crippen molar-refractivity contribution in [2.45, 2.75) is 6.42 Å². The monoisotopic (exact) mass is 228 g/mol. The van der Waals surface area contributed by atoms with Crippen molar-refractivity contribution in [1.82, 2.24) is 0 Å². The van der Waals surface area contributed by atoms with E-state index >= 15 is 0 Å². The minimum absolute atomic E-state index is 0.124. The molecule has 1 unspecified atom stereocenters. The molecule has 0 fully saturated rings. The maximum Gasteiger partial charge on any atom is 0.307 e. The lowest BCUT2D eigenvalue weighted by atomic mass is 10.4. The van der Waals surface area contributed by atoms with Gasteiger partial charge in [0.1, 0.15) is 0 Å². The summed E-state index contributed by atoms with van der Waals surface area (Å²) in [6, 6.07) is 8.90. The Balaban J connectivity index is 2.34. The van der Waals surface area contributed by atoms with Crippen molar-refractivity contribution in [3.8, 4) is 0 Å². The topological polar surface area (TPSA) is 52.6 Å². The molecule has 0 saturated heterocycles. The van der Waals surface area contributed by atoms with Crippen LogP contribution in [0.2, 0.25) is 0 Å². The van der Waals surface area contributed by atoms with Crippen LogP contribution < -0.4 is 5.30 Å². The lowest BCUT2D eigenvalue weighted by Crippen LogP contribution is -2.05. The van der Waals surface area contributed by atoms with Gasteiger partial charge >= 0.3 is 5.97 Å². The molecule has 1 aromatic carbocycles. The first-order chi connectivity index (χ1) is 7.24. The minimum atomic E-state index is -2.23. The third-order valence-electron chi connectivity index (χ3n) is 1.78. The molecule has 5 heteroatoms. The molecule has 4 nitrogen and oxygen atoms in total. The Hall–Kier alpha value is -1.12. The van der Waals surface area contributed by atoms with Gasteiger partial charge < -0.3 is 9.26 Å². The van der Waals surface area contributed by atoms with Gasteiger partial charge in [0, 0.05) is 5.30 Å². The van der Waals surface area contributed by atoms with E-state index in [1.54, 1.807) is 24.3 Å². The van der Waals surface area contributed by atoms with Crippen LogP contribution in [0.25, 0.3) is 0 Å². The molecule has 0 radical (unpaired) electrons. The summed E-state index contributed by atoms with van der Waals surface area (Å²) >= 11 is 0. The molecule has 15 heavy (non-hydrogen) atoms. The Morgan fingerprint density at radius 3 is 2.60 bits per heavy atom. The second-order valence-electron chi connectivity index (χ2n) is 2.83. The fourth-order valence-electron chi connectivity index (χ4n) is 0.987.